The Bertz CT molecular complexity index is 995. The van der Waals surface area contributed by atoms with Gasteiger partial charge in [-0.25, -0.2) is 4.79 Å². The van der Waals surface area contributed by atoms with Crippen LogP contribution in [0.25, 0.3) is 0 Å². The maximum Gasteiger partial charge on any atom is 0.339 e. The van der Waals surface area contributed by atoms with Gasteiger partial charge in [0.15, 0.2) is 6.79 Å². The van der Waals surface area contributed by atoms with Gasteiger partial charge in [-0.15, -0.1) is 0 Å². The number of carbonyl (C=O) groups is 2. The molecule has 1 aliphatic heterocycles. The predicted octanol–water partition coefficient (Wildman–Crippen LogP) is 2.80. The standard InChI is InChI=1S/C20H22N2O8/c1-4-28-20(24)17-5-12(2)21(13(17)3)8-18(23)29-10-15-7-16(22(25)26)6-14-9-27-11-30-19(14)15/h5-7H,4,8-11H2,1-3H3. The number of nitro groups is 1. The van der Waals surface area contributed by atoms with Crippen molar-refractivity contribution < 1.29 is 33.5 Å². The largest absolute Gasteiger partial charge is 0.467 e. The molecule has 10 nitrogen and oxygen atoms in total. The highest BCUT2D eigenvalue weighted by atomic mass is 16.7. The Labute approximate surface area is 172 Å². The highest BCUT2D eigenvalue weighted by molar-refractivity contribution is 5.91. The van der Waals surface area contributed by atoms with Crippen LogP contribution in [0.2, 0.25) is 0 Å². The minimum absolute atomic E-state index is 0.0180. The molecular formula is C20H22N2O8. The van der Waals surface area contributed by atoms with Crippen molar-refractivity contribution in [3.05, 3.63) is 56.4 Å². The molecule has 0 N–H and O–H groups in total. The van der Waals surface area contributed by atoms with E-state index < -0.39 is 16.9 Å². The number of ether oxygens (including phenoxy) is 4. The molecule has 0 amide bonds. The lowest BCUT2D eigenvalue weighted by atomic mass is 10.1. The van der Waals surface area contributed by atoms with Crippen LogP contribution in [0, 0.1) is 24.0 Å². The van der Waals surface area contributed by atoms with Crippen LogP contribution in [0.4, 0.5) is 5.69 Å². The average molecular weight is 418 g/mol. The summed E-state index contributed by atoms with van der Waals surface area (Å²) >= 11 is 0. The van der Waals surface area contributed by atoms with E-state index in [-0.39, 0.29) is 38.8 Å². The number of esters is 2. The van der Waals surface area contributed by atoms with Crippen molar-refractivity contribution in [2.45, 2.75) is 40.5 Å². The second-order valence-electron chi connectivity index (χ2n) is 6.71. The van der Waals surface area contributed by atoms with Crippen LogP contribution in [-0.2, 0) is 38.8 Å². The van der Waals surface area contributed by atoms with Gasteiger partial charge >= 0.3 is 11.9 Å². The SMILES string of the molecule is CCOC(=O)c1cc(C)n(CC(=O)OCc2cc([N+](=O)[O-])cc3c2OCOC3)c1C. The normalized spacial score (nSPS) is 12.6. The molecule has 0 atom stereocenters. The summed E-state index contributed by atoms with van der Waals surface area (Å²) in [6.07, 6.45) is 0. The molecule has 30 heavy (non-hydrogen) atoms. The minimum atomic E-state index is -0.556. The third-order valence-corrected chi connectivity index (χ3v) is 4.73. The molecular weight excluding hydrogens is 396 g/mol. The first-order chi connectivity index (χ1) is 14.3. The van der Waals surface area contributed by atoms with Crippen LogP contribution in [0.15, 0.2) is 18.2 Å². The summed E-state index contributed by atoms with van der Waals surface area (Å²) in [6, 6.07) is 4.36. The first-order valence-corrected chi connectivity index (χ1v) is 9.32. The van der Waals surface area contributed by atoms with Crippen LogP contribution < -0.4 is 4.74 Å². The number of non-ortho nitro benzene ring substituents is 1. The molecule has 1 aliphatic rings. The summed E-state index contributed by atoms with van der Waals surface area (Å²) in [5.41, 5.74) is 2.48. The maximum absolute atomic E-state index is 12.4. The van der Waals surface area contributed by atoms with Gasteiger partial charge in [0.05, 0.1) is 23.7 Å². The fourth-order valence-corrected chi connectivity index (χ4v) is 3.29. The number of aryl methyl sites for hydroxylation is 1. The van der Waals surface area contributed by atoms with Crippen LogP contribution in [0.1, 0.15) is 39.8 Å². The number of nitro benzene ring substituents is 1. The van der Waals surface area contributed by atoms with Gasteiger partial charge in [0.2, 0.25) is 0 Å². The van der Waals surface area contributed by atoms with E-state index in [9.17, 15) is 19.7 Å². The van der Waals surface area contributed by atoms with Gasteiger partial charge in [-0.1, -0.05) is 0 Å². The Hall–Kier alpha value is -3.40. The summed E-state index contributed by atoms with van der Waals surface area (Å²) in [5.74, 6) is -0.579. The van der Waals surface area contributed by atoms with Crippen molar-refractivity contribution in [1.29, 1.82) is 0 Å². The van der Waals surface area contributed by atoms with E-state index in [1.807, 2.05) is 0 Å². The van der Waals surface area contributed by atoms with Crippen molar-refractivity contribution in [2.75, 3.05) is 13.4 Å². The number of rotatable bonds is 7. The summed E-state index contributed by atoms with van der Waals surface area (Å²) < 4.78 is 22.6. The molecule has 1 aromatic carbocycles. The number of nitrogens with zero attached hydrogens (tertiary/aromatic N) is 2. The lowest BCUT2D eigenvalue weighted by Crippen LogP contribution is -2.18. The minimum Gasteiger partial charge on any atom is -0.467 e. The van der Waals surface area contributed by atoms with E-state index >= 15 is 0 Å². The topological polar surface area (TPSA) is 119 Å². The first-order valence-electron chi connectivity index (χ1n) is 9.32. The molecule has 0 saturated carbocycles. The van der Waals surface area contributed by atoms with E-state index in [2.05, 4.69) is 0 Å². The molecule has 2 heterocycles. The molecule has 0 bridgehead atoms. The van der Waals surface area contributed by atoms with Gasteiger partial charge < -0.3 is 23.5 Å². The molecule has 3 rings (SSSR count). The van der Waals surface area contributed by atoms with Crippen LogP contribution in [0.3, 0.4) is 0 Å². The van der Waals surface area contributed by atoms with Crippen molar-refractivity contribution in [3.8, 4) is 5.75 Å². The average Bonchev–Trinajstić information content (AvgIpc) is 3.00. The molecule has 0 unspecified atom stereocenters. The van der Waals surface area contributed by atoms with E-state index in [0.717, 1.165) is 0 Å². The molecule has 10 heteroatoms. The van der Waals surface area contributed by atoms with Gasteiger partial charge in [0.25, 0.3) is 5.69 Å². The summed E-state index contributed by atoms with van der Waals surface area (Å²) in [4.78, 5) is 35.1. The van der Waals surface area contributed by atoms with Crippen molar-refractivity contribution >= 4 is 17.6 Å². The predicted molar refractivity (Wildman–Crippen MR) is 103 cm³/mol. The monoisotopic (exact) mass is 418 g/mol. The highest BCUT2D eigenvalue weighted by Crippen LogP contribution is 2.33. The molecule has 2 aromatic rings. The molecule has 0 saturated heterocycles. The number of carbonyl (C=O) groups excluding carboxylic acids is 2. The van der Waals surface area contributed by atoms with Gasteiger partial charge in [0, 0.05) is 34.6 Å². The number of hydrogen-bond donors (Lipinski definition) is 0. The lowest BCUT2D eigenvalue weighted by Gasteiger charge is -2.20. The number of fused-ring (bicyclic) bond motifs is 1. The third kappa shape index (κ3) is 4.43. The van der Waals surface area contributed by atoms with Gasteiger partial charge in [-0.05, 0) is 26.8 Å². The summed E-state index contributed by atoms with van der Waals surface area (Å²) in [6.45, 7) is 5.36. The van der Waals surface area contributed by atoms with Crippen LogP contribution in [-0.4, -0.2) is 34.8 Å². The Morgan fingerprint density at radius 3 is 2.70 bits per heavy atom. The Kier molecular flexibility index (Phi) is 6.36. The summed E-state index contributed by atoms with van der Waals surface area (Å²) in [7, 11) is 0. The Morgan fingerprint density at radius 1 is 1.23 bits per heavy atom. The van der Waals surface area contributed by atoms with E-state index in [0.29, 0.717) is 33.8 Å². The number of aromatic nitrogens is 1. The fraction of sp³-hybridized carbons (Fsp3) is 0.400. The molecule has 0 fully saturated rings. The van der Waals surface area contributed by atoms with E-state index in [1.54, 1.807) is 31.4 Å². The highest BCUT2D eigenvalue weighted by Gasteiger charge is 2.23. The van der Waals surface area contributed by atoms with Gasteiger partial charge in [-0.2, -0.15) is 0 Å². The molecule has 0 aliphatic carbocycles. The Balaban J connectivity index is 1.73. The molecule has 1 aromatic heterocycles. The molecule has 160 valence electrons. The zero-order valence-electron chi connectivity index (χ0n) is 16.9. The first kappa shape index (κ1) is 21.3. The zero-order chi connectivity index (χ0) is 21.8. The van der Waals surface area contributed by atoms with Crippen molar-refractivity contribution in [1.82, 2.24) is 4.57 Å². The van der Waals surface area contributed by atoms with E-state index in [4.69, 9.17) is 18.9 Å². The smallest absolute Gasteiger partial charge is 0.339 e. The van der Waals surface area contributed by atoms with Crippen molar-refractivity contribution in [3.63, 3.8) is 0 Å². The van der Waals surface area contributed by atoms with Crippen LogP contribution in [0.5, 0.6) is 5.75 Å². The fourth-order valence-electron chi connectivity index (χ4n) is 3.29. The van der Waals surface area contributed by atoms with Gasteiger partial charge in [0.1, 0.15) is 18.9 Å². The quantitative estimate of drug-likeness (QED) is 0.382. The van der Waals surface area contributed by atoms with Crippen LogP contribution >= 0.6 is 0 Å². The lowest BCUT2D eigenvalue weighted by molar-refractivity contribution is -0.385. The summed E-state index contributed by atoms with van der Waals surface area (Å²) in [5, 5.41) is 11.2. The second kappa shape index (κ2) is 8.95. The number of hydrogen-bond acceptors (Lipinski definition) is 8. The second-order valence-corrected chi connectivity index (χ2v) is 6.71. The zero-order valence-corrected chi connectivity index (χ0v) is 16.9. The van der Waals surface area contributed by atoms with Crippen molar-refractivity contribution in [2.24, 2.45) is 0 Å². The van der Waals surface area contributed by atoms with E-state index in [1.165, 1.54) is 12.1 Å². The molecule has 0 radical (unpaired) electrons. The third-order valence-electron chi connectivity index (χ3n) is 4.73. The maximum atomic E-state index is 12.4. The number of benzene rings is 1. The van der Waals surface area contributed by atoms with Gasteiger partial charge in [-0.3, -0.25) is 14.9 Å². The Morgan fingerprint density at radius 2 is 2.00 bits per heavy atom. The molecule has 0 spiro atoms.